The normalized spacial score (nSPS) is 12.5. The quantitative estimate of drug-likeness (QED) is 0.615. The smallest absolute Gasteiger partial charge is 0.107 e. The largest absolute Gasteiger partial charge is 0.384 e. The van der Waals surface area contributed by atoms with Crippen LogP contribution >= 0.6 is 59.4 Å². The minimum Gasteiger partial charge on any atom is -0.384 e. The molecular weight excluding hydrogens is 447 g/mol. The van der Waals surface area contributed by atoms with Crippen LogP contribution in [0.1, 0.15) is 17.2 Å². The van der Waals surface area contributed by atoms with Gasteiger partial charge in [0.25, 0.3) is 0 Å². The van der Waals surface area contributed by atoms with E-state index in [1.54, 1.807) is 0 Å². The van der Waals surface area contributed by atoms with Crippen LogP contribution in [0.4, 0.5) is 0 Å². The molecule has 5 heteroatoms. The monoisotopic (exact) mass is 452 g/mol. The molecule has 0 bridgehead atoms. The molecule has 18 heavy (non-hydrogen) atoms. The standard InChI is InChI=1S/C13H8Br3ClO/c14-7-4-5-10(15)9(6-7)13(18)8-2-1-3-11(16)12(8)17/h1-6,13,18H. The molecule has 1 nitrogen and oxygen atoms in total. The highest BCUT2D eigenvalue weighted by Crippen LogP contribution is 2.36. The molecule has 0 saturated heterocycles. The van der Waals surface area contributed by atoms with E-state index in [0.29, 0.717) is 10.6 Å². The van der Waals surface area contributed by atoms with E-state index in [1.807, 2.05) is 36.4 Å². The van der Waals surface area contributed by atoms with E-state index in [1.165, 1.54) is 0 Å². The van der Waals surface area contributed by atoms with E-state index in [2.05, 4.69) is 47.8 Å². The van der Waals surface area contributed by atoms with E-state index in [4.69, 9.17) is 11.6 Å². The summed E-state index contributed by atoms with van der Waals surface area (Å²) in [5, 5.41) is 11.0. The lowest BCUT2D eigenvalue weighted by molar-refractivity contribution is 0.219. The molecule has 0 radical (unpaired) electrons. The molecule has 0 amide bonds. The molecule has 1 atom stereocenters. The minimum absolute atomic E-state index is 0.525. The first kappa shape index (κ1) is 14.5. The first-order valence-electron chi connectivity index (χ1n) is 5.07. The summed E-state index contributed by atoms with van der Waals surface area (Å²) in [6, 6.07) is 11.2. The van der Waals surface area contributed by atoms with E-state index in [-0.39, 0.29) is 0 Å². The van der Waals surface area contributed by atoms with Gasteiger partial charge in [0.2, 0.25) is 0 Å². The van der Waals surface area contributed by atoms with Gasteiger partial charge < -0.3 is 5.11 Å². The summed E-state index contributed by atoms with van der Waals surface area (Å²) in [6.45, 7) is 0. The number of aliphatic hydroxyl groups is 1. The Hall–Kier alpha value is 0.130. The molecule has 0 aliphatic rings. The number of rotatable bonds is 2. The molecule has 0 aromatic heterocycles. The number of aliphatic hydroxyl groups excluding tert-OH is 1. The second kappa shape index (κ2) is 6.06. The number of benzene rings is 2. The number of hydrogen-bond acceptors (Lipinski definition) is 1. The van der Waals surface area contributed by atoms with E-state index >= 15 is 0 Å². The number of halogens is 4. The van der Waals surface area contributed by atoms with E-state index < -0.39 is 6.10 Å². The van der Waals surface area contributed by atoms with Crippen molar-refractivity contribution in [3.63, 3.8) is 0 Å². The van der Waals surface area contributed by atoms with Crippen molar-refractivity contribution in [2.45, 2.75) is 6.10 Å². The summed E-state index contributed by atoms with van der Waals surface area (Å²) in [7, 11) is 0. The molecule has 0 saturated carbocycles. The molecule has 0 aliphatic carbocycles. The Kier molecular flexibility index (Phi) is 4.89. The molecule has 0 spiro atoms. The zero-order valence-corrected chi connectivity index (χ0v) is 14.5. The Labute approximate surface area is 136 Å². The van der Waals surface area contributed by atoms with Gasteiger partial charge in [-0.1, -0.05) is 55.6 Å². The van der Waals surface area contributed by atoms with Gasteiger partial charge in [-0.25, -0.2) is 0 Å². The molecule has 2 aromatic rings. The summed E-state index contributed by atoms with van der Waals surface area (Å²) in [6.07, 6.45) is -0.776. The topological polar surface area (TPSA) is 20.2 Å². The predicted molar refractivity (Wildman–Crippen MR) is 85.1 cm³/mol. The van der Waals surface area contributed by atoms with Gasteiger partial charge in [-0.3, -0.25) is 0 Å². The summed E-state index contributed by atoms with van der Waals surface area (Å²) < 4.78 is 2.52. The summed E-state index contributed by atoms with van der Waals surface area (Å²) >= 11 is 16.4. The number of hydrogen-bond donors (Lipinski definition) is 1. The minimum atomic E-state index is -0.776. The van der Waals surface area contributed by atoms with Crippen molar-refractivity contribution in [1.82, 2.24) is 0 Å². The Balaban J connectivity index is 2.51. The lowest BCUT2D eigenvalue weighted by Crippen LogP contribution is -2.02. The molecule has 0 fully saturated rings. The van der Waals surface area contributed by atoms with Gasteiger partial charge >= 0.3 is 0 Å². The van der Waals surface area contributed by atoms with Crippen LogP contribution in [0.2, 0.25) is 5.02 Å². The summed E-state index contributed by atoms with van der Waals surface area (Å²) in [4.78, 5) is 0. The van der Waals surface area contributed by atoms with Gasteiger partial charge in [-0.15, -0.1) is 0 Å². The van der Waals surface area contributed by atoms with Crippen molar-refractivity contribution < 1.29 is 5.11 Å². The molecule has 2 aromatic carbocycles. The lowest BCUT2D eigenvalue weighted by atomic mass is 10.0. The van der Waals surface area contributed by atoms with E-state index in [9.17, 15) is 5.11 Å². The average Bonchev–Trinajstić information content (AvgIpc) is 2.35. The maximum Gasteiger partial charge on any atom is 0.107 e. The van der Waals surface area contributed by atoms with Crippen LogP contribution in [0.3, 0.4) is 0 Å². The fourth-order valence-corrected chi connectivity index (χ4v) is 3.08. The Morgan fingerprint density at radius 3 is 2.39 bits per heavy atom. The van der Waals surface area contributed by atoms with Crippen LogP contribution in [0.15, 0.2) is 49.8 Å². The van der Waals surface area contributed by atoms with Crippen LogP contribution in [-0.2, 0) is 0 Å². The van der Waals surface area contributed by atoms with Crippen LogP contribution < -0.4 is 0 Å². The van der Waals surface area contributed by atoms with Crippen LogP contribution in [-0.4, -0.2) is 5.11 Å². The highest BCUT2D eigenvalue weighted by molar-refractivity contribution is 9.11. The molecular formula is C13H8Br3ClO. The van der Waals surface area contributed by atoms with Gasteiger partial charge in [0.1, 0.15) is 6.10 Å². The van der Waals surface area contributed by atoms with Crippen molar-refractivity contribution in [2.75, 3.05) is 0 Å². The molecule has 0 heterocycles. The van der Waals surface area contributed by atoms with Gasteiger partial charge in [-0.2, -0.15) is 0 Å². The van der Waals surface area contributed by atoms with Gasteiger partial charge in [0.05, 0.1) is 5.02 Å². The third kappa shape index (κ3) is 2.99. The third-order valence-corrected chi connectivity index (χ3v) is 5.06. The van der Waals surface area contributed by atoms with Gasteiger partial charge in [-0.05, 0) is 40.2 Å². The zero-order chi connectivity index (χ0) is 13.3. The van der Waals surface area contributed by atoms with Crippen molar-refractivity contribution in [3.05, 3.63) is 66.0 Å². The molecule has 2 rings (SSSR count). The Bertz CT molecular complexity index is 584. The fourth-order valence-electron chi connectivity index (χ4n) is 1.62. The second-order valence-electron chi connectivity index (χ2n) is 3.71. The van der Waals surface area contributed by atoms with Crippen molar-refractivity contribution in [3.8, 4) is 0 Å². The highest BCUT2D eigenvalue weighted by Gasteiger charge is 2.18. The Morgan fingerprint density at radius 1 is 0.944 bits per heavy atom. The van der Waals surface area contributed by atoms with E-state index in [0.717, 1.165) is 19.0 Å². The van der Waals surface area contributed by atoms with Gasteiger partial charge in [0.15, 0.2) is 0 Å². The fraction of sp³-hybridized carbons (Fsp3) is 0.0769. The second-order valence-corrected chi connectivity index (χ2v) is 6.71. The van der Waals surface area contributed by atoms with Crippen molar-refractivity contribution >= 4 is 59.4 Å². The Morgan fingerprint density at radius 2 is 1.67 bits per heavy atom. The maximum absolute atomic E-state index is 10.4. The maximum atomic E-state index is 10.4. The first-order valence-corrected chi connectivity index (χ1v) is 7.83. The third-order valence-electron chi connectivity index (χ3n) is 2.53. The van der Waals surface area contributed by atoms with Crippen molar-refractivity contribution in [2.24, 2.45) is 0 Å². The van der Waals surface area contributed by atoms with Crippen LogP contribution in [0.25, 0.3) is 0 Å². The molecule has 1 unspecified atom stereocenters. The summed E-state index contributed by atoms with van der Waals surface area (Å²) in [5.41, 5.74) is 1.44. The summed E-state index contributed by atoms with van der Waals surface area (Å²) in [5.74, 6) is 0. The SMILES string of the molecule is OC(c1cc(Br)ccc1Br)c1cccc(Br)c1Cl. The highest BCUT2D eigenvalue weighted by atomic mass is 79.9. The van der Waals surface area contributed by atoms with Crippen LogP contribution in [0, 0.1) is 0 Å². The first-order chi connectivity index (χ1) is 8.50. The predicted octanol–water partition coefficient (Wildman–Crippen LogP) is 5.71. The van der Waals surface area contributed by atoms with Gasteiger partial charge in [0, 0.05) is 24.5 Å². The molecule has 1 N–H and O–H groups in total. The zero-order valence-electron chi connectivity index (χ0n) is 9.00. The lowest BCUT2D eigenvalue weighted by Gasteiger charge is -2.16. The average molecular weight is 455 g/mol. The molecule has 0 aliphatic heterocycles. The molecule has 94 valence electrons. The van der Waals surface area contributed by atoms with Crippen molar-refractivity contribution in [1.29, 1.82) is 0 Å². The van der Waals surface area contributed by atoms with Crippen LogP contribution in [0.5, 0.6) is 0 Å².